The Morgan fingerprint density at radius 1 is 1.16 bits per heavy atom. The molecule has 0 radical (unpaired) electrons. The Labute approximate surface area is 118 Å². The van der Waals surface area contributed by atoms with Crippen LogP contribution in [0.1, 0.15) is 29.6 Å². The second-order valence-corrected chi connectivity index (χ2v) is 5.10. The summed E-state index contributed by atoms with van der Waals surface area (Å²) in [5.41, 5.74) is 0.593. The Balaban J connectivity index is 0.00000133. The average molecular weight is 285 g/mol. The van der Waals surface area contributed by atoms with Gasteiger partial charge in [-0.15, -0.1) is 12.4 Å². The van der Waals surface area contributed by atoms with E-state index in [0.29, 0.717) is 17.6 Å². The third kappa shape index (κ3) is 2.74. The number of amides is 1. The molecule has 2 aliphatic rings. The van der Waals surface area contributed by atoms with E-state index in [2.05, 4.69) is 5.32 Å². The molecular weight excluding hydrogens is 267 g/mol. The van der Waals surface area contributed by atoms with E-state index in [-0.39, 0.29) is 24.1 Å². The molecule has 3 nitrogen and oxygen atoms in total. The summed E-state index contributed by atoms with van der Waals surface area (Å²) in [6.07, 6.45) is 3.19. The second-order valence-electron chi connectivity index (χ2n) is 5.10. The molecule has 0 saturated carbocycles. The van der Waals surface area contributed by atoms with Crippen LogP contribution in [0, 0.1) is 5.82 Å². The number of carbonyl (C=O) groups excluding carboxylic acids is 1. The molecule has 0 aliphatic carbocycles. The van der Waals surface area contributed by atoms with Crippen molar-refractivity contribution < 1.29 is 9.18 Å². The first-order valence-electron chi connectivity index (χ1n) is 6.54. The zero-order valence-corrected chi connectivity index (χ0v) is 11.5. The van der Waals surface area contributed by atoms with Crippen LogP contribution in [0.15, 0.2) is 24.3 Å². The summed E-state index contributed by atoms with van der Waals surface area (Å²) in [6, 6.07) is 6.51. The van der Waals surface area contributed by atoms with Gasteiger partial charge in [-0.25, -0.2) is 4.39 Å². The molecule has 1 aromatic rings. The fourth-order valence-electron chi connectivity index (χ4n) is 3.06. The van der Waals surface area contributed by atoms with Crippen LogP contribution < -0.4 is 5.32 Å². The molecule has 2 saturated heterocycles. The minimum atomic E-state index is -0.299. The van der Waals surface area contributed by atoms with E-state index in [1.165, 1.54) is 12.1 Å². The van der Waals surface area contributed by atoms with Gasteiger partial charge >= 0.3 is 0 Å². The van der Waals surface area contributed by atoms with Crippen molar-refractivity contribution in [1.29, 1.82) is 0 Å². The van der Waals surface area contributed by atoms with Crippen LogP contribution in [-0.2, 0) is 0 Å². The van der Waals surface area contributed by atoms with Gasteiger partial charge in [0.1, 0.15) is 5.82 Å². The van der Waals surface area contributed by atoms with Gasteiger partial charge in [-0.1, -0.05) is 0 Å². The van der Waals surface area contributed by atoms with Gasteiger partial charge in [-0.3, -0.25) is 4.79 Å². The predicted molar refractivity (Wildman–Crippen MR) is 74.1 cm³/mol. The van der Waals surface area contributed by atoms with Crippen LogP contribution in [0.5, 0.6) is 0 Å². The average Bonchev–Trinajstić information content (AvgIpc) is 2.63. The number of rotatable bonds is 1. The molecule has 0 spiro atoms. The highest BCUT2D eigenvalue weighted by Gasteiger charge is 2.38. The fourth-order valence-corrected chi connectivity index (χ4v) is 3.06. The Hall–Kier alpha value is -1.13. The highest BCUT2D eigenvalue weighted by atomic mass is 35.5. The molecular formula is C14H18ClFN2O. The molecule has 19 heavy (non-hydrogen) atoms. The number of hydrogen-bond donors (Lipinski definition) is 1. The fraction of sp³-hybridized carbons (Fsp3) is 0.500. The molecule has 2 unspecified atom stereocenters. The summed E-state index contributed by atoms with van der Waals surface area (Å²) in [6.45, 7) is 1.86. The molecule has 104 valence electrons. The number of fused-ring (bicyclic) bond motifs is 2. The lowest BCUT2D eigenvalue weighted by molar-refractivity contribution is 0.0680. The smallest absolute Gasteiger partial charge is 0.254 e. The van der Waals surface area contributed by atoms with Gasteiger partial charge < -0.3 is 10.2 Å². The molecule has 0 aromatic heterocycles. The molecule has 2 atom stereocenters. The minimum absolute atomic E-state index is 0. The van der Waals surface area contributed by atoms with Crippen molar-refractivity contribution in [2.75, 3.05) is 13.1 Å². The lowest BCUT2D eigenvalue weighted by Gasteiger charge is -2.28. The Morgan fingerprint density at radius 3 is 2.58 bits per heavy atom. The zero-order valence-electron chi connectivity index (χ0n) is 10.6. The van der Waals surface area contributed by atoms with Gasteiger partial charge in [-0.05, 0) is 50.1 Å². The molecule has 2 bridgehead atoms. The normalized spacial score (nSPS) is 25.6. The van der Waals surface area contributed by atoms with E-state index in [1.807, 2.05) is 4.90 Å². The van der Waals surface area contributed by atoms with Crippen LogP contribution in [-0.4, -0.2) is 36.0 Å². The van der Waals surface area contributed by atoms with Crippen molar-refractivity contribution in [3.05, 3.63) is 35.6 Å². The van der Waals surface area contributed by atoms with Gasteiger partial charge in [0.25, 0.3) is 5.91 Å². The Morgan fingerprint density at radius 2 is 1.84 bits per heavy atom. The highest BCUT2D eigenvalue weighted by molar-refractivity contribution is 5.94. The maximum Gasteiger partial charge on any atom is 0.254 e. The molecule has 1 amide bonds. The number of benzene rings is 1. The number of carbonyl (C=O) groups is 1. The molecule has 2 aliphatic heterocycles. The molecule has 5 heteroatoms. The quantitative estimate of drug-likeness (QED) is 0.858. The topological polar surface area (TPSA) is 32.3 Å². The predicted octanol–water partition coefficient (Wildman–Crippen LogP) is 2.21. The number of nitrogens with one attached hydrogen (secondary N) is 1. The summed E-state index contributed by atoms with van der Waals surface area (Å²) >= 11 is 0. The summed E-state index contributed by atoms with van der Waals surface area (Å²) in [5.74, 6) is -0.252. The van der Waals surface area contributed by atoms with E-state index < -0.39 is 0 Å². The van der Waals surface area contributed by atoms with Gasteiger partial charge in [0.05, 0.1) is 0 Å². The Kier molecular flexibility index (Phi) is 4.42. The van der Waals surface area contributed by atoms with Crippen molar-refractivity contribution in [1.82, 2.24) is 10.2 Å². The van der Waals surface area contributed by atoms with E-state index in [9.17, 15) is 9.18 Å². The standard InChI is InChI=1S/C14H17FN2O.ClH/c15-11-3-1-10(2-4-11)14(18)17-12-5-6-13(17)9-16-8-7-12;/h1-4,12-13,16H,5-9H2;1H. The monoisotopic (exact) mass is 284 g/mol. The van der Waals surface area contributed by atoms with E-state index in [0.717, 1.165) is 32.4 Å². The third-order valence-electron chi connectivity index (χ3n) is 3.98. The second kappa shape index (κ2) is 5.88. The van der Waals surface area contributed by atoms with Crippen LogP contribution in [0.2, 0.25) is 0 Å². The van der Waals surface area contributed by atoms with Crippen molar-refractivity contribution in [3.63, 3.8) is 0 Å². The van der Waals surface area contributed by atoms with Gasteiger partial charge in [-0.2, -0.15) is 0 Å². The molecule has 2 fully saturated rings. The molecule has 2 heterocycles. The summed E-state index contributed by atoms with van der Waals surface area (Å²) in [5, 5.41) is 3.37. The molecule has 3 rings (SSSR count). The van der Waals surface area contributed by atoms with Crippen LogP contribution in [0.25, 0.3) is 0 Å². The summed E-state index contributed by atoms with van der Waals surface area (Å²) in [4.78, 5) is 14.5. The largest absolute Gasteiger partial charge is 0.331 e. The third-order valence-corrected chi connectivity index (χ3v) is 3.98. The molecule has 1 N–H and O–H groups in total. The number of nitrogens with zero attached hydrogens (tertiary/aromatic N) is 1. The van der Waals surface area contributed by atoms with Crippen molar-refractivity contribution in [2.24, 2.45) is 0 Å². The van der Waals surface area contributed by atoms with Gasteiger partial charge in [0.15, 0.2) is 0 Å². The zero-order chi connectivity index (χ0) is 12.5. The highest BCUT2D eigenvalue weighted by Crippen LogP contribution is 2.29. The van der Waals surface area contributed by atoms with Crippen molar-refractivity contribution in [2.45, 2.75) is 31.3 Å². The number of halogens is 2. The molecule has 1 aromatic carbocycles. The van der Waals surface area contributed by atoms with E-state index in [4.69, 9.17) is 0 Å². The Bertz CT molecular complexity index is 437. The maximum absolute atomic E-state index is 12.9. The lowest BCUT2D eigenvalue weighted by atomic mass is 10.1. The van der Waals surface area contributed by atoms with E-state index >= 15 is 0 Å². The first-order valence-corrected chi connectivity index (χ1v) is 6.54. The minimum Gasteiger partial charge on any atom is -0.331 e. The van der Waals surface area contributed by atoms with Crippen molar-refractivity contribution >= 4 is 18.3 Å². The van der Waals surface area contributed by atoms with E-state index in [1.54, 1.807) is 12.1 Å². The first kappa shape index (κ1) is 14.3. The van der Waals surface area contributed by atoms with Crippen molar-refractivity contribution in [3.8, 4) is 0 Å². The SMILES string of the molecule is Cl.O=C(c1ccc(F)cc1)N1C2CCNCC1CC2. The summed E-state index contributed by atoms with van der Waals surface area (Å²) in [7, 11) is 0. The van der Waals surface area contributed by atoms with Crippen LogP contribution >= 0.6 is 12.4 Å². The van der Waals surface area contributed by atoms with Crippen LogP contribution in [0.4, 0.5) is 4.39 Å². The summed E-state index contributed by atoms with van der Waals surface area (Å²) < 4.78 is 12.9. The van der Waals surface area contributed by atoms with Gasteiger partial charge in [0.2, 0.25) is 0 Å². The van der Waals surface area contributed by atoms with Crippen LogP contribution in [0.3, 0.4) is 0 Å². The number of hydrogen-bond acceptors (Lipinski definition) is 2. The lowest BCUT2D eigenvalue weighted by Crippen LogP contribution is -2.42. The first-order chi connectivity index (χ1) is 8.75. The maximum atomic E-state index is 12.9. The van der Waals surface area contributed by atoms with Gasteiger partial charge in [0, 0.05) is 24.2 Å².